The quantitative estimate of drug-likeness (QED) is 0.228. The van der Waals surface area contributed by atoms with Crippen LogP contribution in [0.2, 0.25) is 0 Å². The van der Waals surface area contributed by atoms with Crippen LogP contribution in [0.15, 0.2) is 71.3 Å². The zero-order chi connectivity index (χ0) is 27.7. The summed E-state index contributed by atoms with van der Waals surface area (Å²) < 4.78 is 8.46. The molecule has 1 atom stereocenters. The molecule has 0 aliphatic rings. The number of amides is 2. The molecule has 6 nitrogen and oxygen atoms in total. The molecule has 38 heavy (non-hydrogen) atoms. The summed E-state index contributed by atoms with van der Waals surface area (Å²) in [7, 11) is 1.67. The number of rotatable bonds is 13. The van der Waals surface area contributed by atoms with Gasteiger partial charge in [0.05, 0.1) is 13.7 Å². The van der Waals surface area contributed by atoms with Crippen molar-refractivity contribution in [1.29, 1.82) is 0 Å². The van der Waals surface area contributed by atoms with E-state index in [0.717, 1.165) is 34.3 Å². The van der Waals surface area contributed by atoms with E-state index >= 15 is 0 Å². The molecule has 0 saturated carbocycles. The maximum Gasteiger partial charge on any atom is 0.254 e. The fourth-order valence-corrected chi connectivity index (χ4v) is 4.56. The van der Waals surface area contributed by atoms with E-state index in [0.29, 0.717) is 31.1 Å². The minimum absolute atomic E-state index is 0.0392. The second-order valence-corrected chi connectivity index (χ2v) is 11.1. The fraction of sp³-hybridized carbons (Fsp3) is 0.419. The number of hydrogen-bond acceptors (Lipinski definition) is 3. The third-order valence-electron chi connectivity index (χ3n) is 6.87. The molecular weight excluding hydrogens is 542 g/mol. The average Bonchev–Trinajstić information content (AvgIpc) is 3.35. The highest BCUT2D eigenvalue weighted by Gasteiger charge is 2.26. The second kappa shape index (κ2) is 14.2. The lowest BCUT2D eigenvalue weighted by molar-refractivity contribution is -0.134. The molecule has 2 amide bonds. The van der Waals surface area contributed by atoms with Crippen LogP contribution in [0.5, 0.6) is 5.75 Å². The van der Waals surface area contributed by atoms with Crippen molar-refractivity contribution in [3.63, 3.8) is 0 Å². The molecule has 0 fully saturated rings. The fourth-order valence-electron chi connectivity index (χ4n) is 4.30. The molecule has 3 aromatic rings. The molecule has 1 heterocycles. The molecule has 0 bridgehead atoms. The summed E-state index contributed by atoms with van der Waals surface area (Å²) in [5.74, 6) is 1.10. The molecule has 3 rings (SSSR count). The lowest BCUT2D eigenvalue weighted by atomic mass is 10.1. The summed E-state index contributed by atoms with van der Waals surface area (Å²) in [4.78, 5) is 30.8. The predicted octanol–water partition coefficient (Wildman–Crippen LogP) is 6.62. The van der Waals surface area contributed by atoms with Crippen molar-refractivity contribution in [1.82, 2.24) is 14.4 Å². The number of methoxy groups -OCH3 is 1. The molecule has 1 unspecified atom stereocenters. The van der Waals surface area contributed by atoms with Crippen LogP contribution >= 0.6 is 15.9 Å². The number of benzene rings is 2. The van der Waals surface area contributed by atoms with Gasteiger partial charge in [0.1, 0.15) is 12.3 Å². The zero-order valence-electron chi connectivity index (χ0n) is 23.2. The Morgan fingerprint density at radius 3 is 2.42 bits per heavy atom. The minimum atomic E-state index is -0.114. The highest BCUT2D eigenvalue weighted by molar-refractivity contribution is 9.10. The minimum Gasteiger partial charge on any atom is -0.497 e. The molecule has 1 aromatic heterocycles. The average molecular weight is 583 g/mol. The van der Waals surface area contributed by atoms with E-state index in [4.69, 9.17) is 4.74 Å². The SMILES string of the molecule is CCC(C)N(Cc1cccn1Cc1cccc(OC)c1)C(=O)CN(CCC(C)C)C(=O)c1ccc(Br)cc1. The van der Waals surface area contributed by atoms with Crippen LogP contribution in [0.4, 0.5) is 0 Å². The van der Waals surface area contributed by atoms with Gasteiger partial charge in [0, 0.05) is 41.1 Å². The Bertz CT molecular complexity index is 1190. The van der Waals surface area contributed by atoms with Crippen molar-refractivity contribution in [3.8, 4) is 5.75 Å². The van der Waals surface area contributed by atoms with Gasteiger partial charge in [0.25, 0.3) is 5.91 Å². The van der Waals surface area contributed by atoms with E-state index in [1.807, 2.05) is 47.5 Å². The maximum absolute atomic E-state index is 13.8. The molecule has 0 aliphatic carbocycles. The lowest BCUT2D eigenvalue weighted by Crippen LogP contribution is -2.46. The summed E-state index contributed by atoms with van der Waals surface area (Å²) >= 11 is 3.43. The predicted molar refractivity (Wildman–Crippen MR) is 156 cm³/mol. The Morgan fingerprint density at radius 1 is 1.03 bits per heavy atom. The number of carbonyl (C=O) groups excluding carboxylic acids is 2. The van der Waals surface area contributed by atoms with E-state index < -0.39 is 0 Å². The first-order valence-electron chi connectivity index (χ1n) is 13.3. The van der Waals surface area contributed by atoms with Gasteiger partial charge in [0.15, 0.2) is 0 Å². The number of halogens is 1. The molecule has 0 spiro atoms. The van der Waals surface area contributed by atoms with Crippen molar-refractivity contribution >= 4 is 27.7 Å². The first-order valence-corrected chi connectivity index (χ1v) is 14.1. The Labute approximate surface area is 235 Å². The third-order valence-corrected chi connectivity index (χ3v) is 7.40. The van der Waals surface area contributed by atoms with E-state index in [-0.39, 0.29) is 24.4 Å². The molecule has 2 aromatic carbocycles. The highest BCUT2D eigenvalue weighted by Crippen LogP contribution is 2.19. The monoisotopic (exact) mass is 581 g/mol. The topological polar surface area (TPSA) is 54.8 Å². The van der Waals surface area contributed by atoms with Crippen molar-refractivity contribution in [2.75, 3.05) is 20.2 Å². The van der Waals surface area contributed by atoms with Crippen LogP contribution in [-0.2, 0) is 17.9 Å². The lowest BCUT2D eigenvalue weighted by Gasteiger charge is -2.32. The Morgan fingerprint density at radius 2 is 1.76 bits per heavy atom. The Kier molecular flexibility index (Phi) is 11.0. The van der Waals surface area contributed by atoms with Crippen molar-refractivity contribution in [2.45, 2.75) is 59.7 Å². The Hall–Kier alpha value is -3.06. The van der Waals surface area contributed by atoms with Gasteiger partial charge in [-0.05, 0) is 79.8 Å². The summed E-state index contributed by atoms with van der Waals surface area (Å²) in [6.45, 7) is 10.2. The van der Waals surface area contributed by atoms with Gasteiger partial charge in [-0.1, -0.05) is 48.8 Å². The normalized spacial score (nSPS) is 11.9. The van der Waals surface area contributed by atoms with Gasteiger partial charge in [-0.15, -0.1) is 0 Å². The largest absolute Gasteiger partial charge is 0.497 e. The number of hydrogen-bond donors (Lipinski definition) is 0. The Balaban J connectivity index is 1.80. The van der Waals surface area contributed by atoms with E-state index in [1.54, 1.807) is 24.1 Å². The number of nitrogens with zero attached hydrogens (tertiary/aromatic N) is 3. The van der Waals surface area contributed by atoms with Crippen LogP contribution in [0.25, 0.3) is 0 Å². The molecular formula is C31H40BrN3O3. The molecule has 7 heteroatoms. The van der Waals surface area contributed by atoms with E-state index in [9.17, 15) is 9.59 Å². The van der Waals surface area contributed by atoms with Crippen LogP contribution in [0, 0.1) is 5.92 Å². The standard InChI is InChI=1S/C31H40BrN3O3/c1-6-24(4)35(21-28-10-8-17-33(28)20-25-9-7-11-29(19-25)38-5)30(36)22-34(18-16-23(2)3)31(37)26-12-14-27(32)15-13-26/h7-15,17,19,23-24H,6,16,18,20-22H2,1-5H3. The molecule has 0 aliphatic heterocycles. The van der Waals surface area contributed by atoms with Gasteiger partial charge in [-0.3, -0.25) is 9.59 Å². The molecule has 204 valence electrons. The molecule has 0 radical (unpaired) electrons. The summed E-state index contributed by atoms with van der Waals surface area (Å²) in [5, 5.41) is 0. The van der Waals surface area contributed by atoms with Crippen LogP contribution in [0.1, 0.15) is 62.2 Å². The van der Waals surface area contributed by atoms with Gasteiger partial charge in [-0.25, -0.2) is 0 Å². The van der Waals surface area contributed by atoms with E-state index in [1.165, 1.54) is 0 Å². The summed E-state index contributed by atoms with van der Waals surface area (Å²) in [5.41, 5.74) is 2.77. The van der Waals surface area contributed by atoms with Crippen molar-refractivity contribution in [3.05, 3.63) is 88.2 Å². The zero-order valence-corrected chi connectivity index (χ0v) is 24.8. The number of ether oxygens (including phenoxy) is 1. The van der Waals surface area contributed by atoms with Gasteiger partial charge >= 0.3 is 0 Å². The first kappa shape index (κ1) is 29.5. The smallest absolute Gasteiger partial charge is 0.254 e. The van der Waals surface area contributed by atoms with Crippen LogP contribution in [-0.4, -0.2) is 52.4 Å². The third kappa shape index (κ3) is 8.22. The van der Waals surface area contributed by atoms with Gasteiger partial charge in [-0.2, -0.15) is 0 Å². The van der Waals surface area contributed by atoms with Crippen molar-refractivity contribution < 1.29 is 14.3 Å². The van der Waals surface area contributed by atoms with Crippen LogP contribution in [0.3, 0.4) is 0 Å². The van der Waals surface area contributed by atoms with Gasteiger partial charge < -0.3 is 19.1 Å². The van der Waals surface area contributed by atoms with Gasteiger partial charge in [0.2, 0.25) is 5.91 Å². The highest BCUT2D eigenvalue weighted by atomic mass is 79.9. The molecule has 0 saturated heterocycles. The number of aromatic nitrogens is 1. The van der Waals surface area contributed by atoms with Crippen molar-refractivity contribution in [2.24, 2.45) is 5.92 Å². The van der Waals surface area contributed by atoms with E-state index in [2.05, 4.69) is 60.3 Å². The summed E-state index contributed by atoms with van der Waals surface area (Å²) in [6, 6.07) is 19.5. The first-order chi connectivity index (χ1) is 18.2. The van der Waals surface area contributed by atoms with Crippen LogP contribution < -0.4 is 4.74 Å². The summed E-state index contributed by atoms with van der Waals surface area (Å²) in [6.07, 6.45) is 3.71. The maximum atomic E-state index is 13.8. The molecule has 0 N–H and O–H groups in total. The number of carbonyl (C=O) groups is 2. The second-order valence-electron chi connectivity index (χ2n) is 10.2.